The first-order valence-electron chi connectivity index (χ1n) is 7.48. The topological polar surface area (TPSA) is 68.3 Å². The van der Waals surface area contributed by atoms with Crippen LogP contribution < -0.4 is 5.32 Å². The first-order chi connectivity index (χ1) is 11.6. The molecule has 0 radical (unpaired) electrons. The SMILES string of the molecule is COC(=O)[C@@](C)(NC(=O)CSCc1cccnc1)c1ccccc1. The number of aromatic nitrogens is 1. The molecule has 1 N–H and O–H groups in total. The molecule has 0 fully saturated rings. The number of ether oxygens (including phenoxy) is 1. The van der Waals surface area contributed by atoms with Crippen molar-refractivity contribution in [2.45, 2.75) is 18.2 Å². The predicted octanol–water partition coefficient (Wildman–Crippen LogP) is 2.52. The largest absolute Gasteiger partial charge is 0.467 e. The van der Waals surface area contributed by atoms with E-state index in [2.05, 4.69) is 10.3 Å². The van der Waals surface area contributed by atoms with Gasteiger partial charge in [0.05, 0.1) is 12.9 Å². The van der Waals surface area contributed by atoms with Crippen LogP contribution in [0.25, 0.3) is 0 Å². The second kappa shape index (κ2) is 8.49. The maximum Gasteiger partial charge on any atom is 0.336 e. The molecule has 1 heterocycles. The van der Waals surface area contributed by atoms with Crippen molar-refractivity contribution in [3.8, 4) is 0 Å². The van der Waals surface area contributed by atoms with Crippen LogP contribution in [0.1, 0.15) is 18.1 Å². The summed E-state index contributed by atoms with van der Waals surface area (Å²) in [5.74, 6) is 0.204. The van der Waals surface area contributed by atoms with Gasteiger partial charge in [0.2, 0.25) is 5.91 Å². The number of amides is 1. The van der Waals surface area contributed by atoms with Crippen molar-refractivity contribution in [1.29, 1.82) is 0 Å². The van der Waals surface area contributed by atoms with E-state index < -0.39 is 11.5 Å². The molecule has 1 atom stereocenters. The summed E-state index contributed by atoms with van der Waals surface area (Å²) in [5.41, 5.74) is 0.527. The number of carbonyl (C=O) groups excluding carboxylic acids is 2. The summed E-state index contributed by atoms with van der Waals surface area (Å²) in [6.07, 6.45) is 3.48. The highest BCUT2D eigenvalue weighted by atomic mass is 32.2. The second-order valence-electron chi connectivity index (χ2n) is 5.38. The van der Waals surface area contributed by atoms with E-state index in [1.165, 1.54) is 18.9 Å². The average Bonchev–Trinajstić information content (AvgIpc) is 2.62. The van der Waals surface area contributed by atoms with Gasteiger partial charge in [-0.25, -0.2) is 4.79 Å². The Morgan fingerprint density at radius 1 is 1.21 bits per heavy atom. The lowest BCUT2D eigenvalue weighted by atomic mass is 9.92. The number of benzene rings is 1. The summed E-state index contributed by atoms with van der Waals surface area (Å²) in [4.78, 5) is 28.5. The zero-order valence-corrected chi connectivity index (χ0v) is 14.5. The number of pyridine rings is 1. The molecule has 0 aliphatic heterocycles. The molecule has 2 aromatic rings. The molecule has 0 spiro atoms. The Labute approximate surface area is 145 Å². The molecule has 1 amide bonds. The zero-order chi connectivity index (χ0) is 17.4. The van der Waals surface area contributed by atoms with Gasteiger partial charge in [-0.1, -0.05) is 36.4 Å². The number of thioether (sulfide) groups is 1. The van der Waals surface area contributed by atoms with Gasteiger partial charge in [-0.05, 0) is 24.1 Å². The number of nitrogens with one attached hydrogen (secondary N) is 1. The van der Waals surface area contributed by atoms with E-state index in [9.17, 15) is 9.59 Å². The normalized spacial score (nSPS) is 12.9. The van der Waals surface area contributed by atoms with Crippen LogP contribution in [-0.4, -0.2) is 29.7 Å². The van der Waals surface area contributed by atoms with Gasteiger partial charge in [0.25, 0.3) is 0 Å². The van der Waals surface area contributed by atoms with Crippen LogP contribution in [0.5, 0.6) is 0 Å². The summed E-state index contributed by atoms with van der Waals surface area (Å²) in [5, 5.41) is 2.80. The minimum Gasteiger partial charge on any atom is -0.467 e. The molecule has 5 nitrogen and oxygen atoms in total. The van der Waals surface area contributed by atoms with E-state index in [-0.39, 0.29) is 11.7 Å². The van der Waals surface area contributed by atoms with Crippen LogP contribution in [0.15, 0.2) is 54.9 Å². The third-order valence-corrected chi connectivity index (χ3v) is 4.56. The van der Waals surface area contributed by atoms with E-state index in [1.54, 1.807) is 31.5 Å². The number of hydrogen-bond donors (Lipinski definition) is 1. The van der Waals surface area contributed by atoms with Gasteiger partial charge in [-0.3, -0.25) is 9.78 Å². The van der Waals surface area contributed by atoms with E-state index in [1.807, 2.05) is 30.3 Å². The molecule has 2 rings (SSSR count). The van der Waals surface area contributed by atoms with Crippen molar-refractivity contribution < 1.29 is 14.3 Å². The maximum atomic E-state index is 12.3. The number of carbonyl (C=O) groups is 2. The lowest BCUT2D eigenvalue weighted by molar-refractivity contribution is -0.150. The Balaban J connectivity index is 1.99. The Bertz CT molecular complexity index is 679. The molecular formula is C18H20N2O3S. The molecule has 126 valence electrons. The molecule has 0 aliphatic carbocycles. The summed E-state index contributed by atoms with van der Waals surface area (Å²) in [6, 6.07) is 12.9. The van der Waals surface area contributed by atoms with E-state index >= 15 is 0 Å². The third-order valence-electron chi connectivity index (χ3n) is 3.56. The van der Waals surface area contributed by atoms with Gasteiger partial charge in [0.1, 0.15) is 0 Å². The van der Waals surface area contributed by atoms with Crippen molar-refractivity contribution in [1.82, 2.24) is 10.3 Å². The van der Waals surface area contributed by atoms with Crippen molar-refractivity contribution in [2.75, 3.05) is 12.9 Å². The monoisotopic (exact) mass is 344 g/mol. The second-order valence-corrected chi connectivity index (χ2v) is 6.37. The molecule has 0 aliphatic rings. The molecule has 1 aromatic heterocycles. The number of esters is 1. The van der Waals surface area contributed by atoms with Crippen molar-refractivity contribution in [2.24, 2.45) is 0 Å². The Hall–Kier alpha value is -2.34. The van der Waals surface area contributed by atoms with Gasteiger partial charge in [0, 0.05) is 18.1 Å². The summed E-state index contributed by atoms with van der Waals surface area (Å²) >= 11 is 1.47. The van der Waals surface area contributed by atoms with Gasteiger partial charge in [-0.15, -0.1) is 11.8 Å². The molecule has 24 heavy (non-hydrogen) atoms. The van der Waals surface area contributed by atoms with Gasteiger partial charge in [0.15, 0.2) is 5.54 Å². The quantitative estimate of drug-likeness (QED) is 0.782. The number of nitrogens with zero attached hydrogens (tertiary/aromatic N) is 1. The lowest BCUT2D eigenvalue weighted by Gasteiger charge is -2.28. The fourth-order valence-corrected chi connectivity index (χ4v) is 3.04. The summed E-state index contributed by atoms with van der Waals surface area (Å²) < 4.78 is 4.88. The third kappa shape index (κ3) is 4.58. The van der Waals surface area contributed by atoms with E-state index in [4.69, 9.17) is 4.74 Å². The molecule has 1 aromatic carbocycles. The first kappa shape index (κ1) is 18.0. The molecular weight excluding hydrogens is 324 g/mol. The Morgan fingerprint density at radius 3 is 2.58 bits per heavy atom. The fourth-order valence-electron chi connectivity index (χ4n) is 2.28. The fraction of sp³-hybridized carbons (Fsp3) is 0.278. The van der Waals surface area contributed by atoms with Gasteiger partial charge < -0.3 is 10.1 Å². The van der Waals surface area contributed by atoms with Crippen molar-refractivity contribution in [3.05, 3.63) is 66.0 Å². The Morgan fingerprint density at radius 2 is 1.96 bits per heavy atom. The summed E-state index contributed by atoms with van der Waals surface area (Å²) in [7, 11) is 1.31. The van der Waals surface area contributed by atoms with Crippen LogP contribution >= 0.6 is 11.8 Å². The smallest absolute Gasteiger partial charge is 0.336 e. The molecule has 0 saturated carbocycles. The van der Waals surface area contributed by atoms with Crippen LogP contribution in [0.4, 0.5) is 0 Å². The Kier molecular flexibility index (Phi) is 6.37. The van der Waals surface area contributed by atoms with Crippen LogP contribution in [0, 0.1) is 0 Å². The van der Waals surface area contributed by atoms with Crippen molar-refractivity contribution in [3.63, 3.8) is 0 Å². The zero-order valence-electron chi connectivity index (χ0n) is 13.7. The van der Waals surface area contributed by atoms with Gasteiger partial charge in [-0.2, -0.15) is 0 Å². The van der Waals surface area contributed by atoms with E-state index in [0.717, 1.165) is 5.56 Å². The van der Waals surface area contributed by atoms with Crippen molar-refractivity contribution >= 4 is 23.6 Å². The predicted molar refractivity (Wildman–Crippen MR) is 94.4 cm³/mol. The highest BCUT2D eigenvalue weighted by molar-refractivity contribution is 7.99. The standard InChI is InChI=1S/C18H20N2O3S/c1-18(17(22)23-2,15-8-4-3-5-9-15)20-16(21)13-24-12-14-7-6-10-19-11-14/h3-11H,12-13H2,1-2H3,(H,20,21)/t18-/m0/s1. The van der Waals surface area contributed by atoms with E-state index in [0.29, 0.717) is 11.3 Å². The lowest BCUT2D eigenvalue weighted by Crippen LogP contribution is -2.50. The molecule has 0 saturated heterocycles. The summed E-state index contributed by atoms with van der Waals surface area (Å²) in [6.45, 7) is 1.65. The average molecular weight is 344 g/mol. The highest BCUT2D eigenvalue weighted by Gasteiger charge is 2.37. The highest BCUT2D eigenvalue weighted by Crippen LogP contribution is 2.22. The van der Waals surface area contributed by atoms with Crippen LogP contribution in [0.2, 0.25) is 0 Å². The number of hydrogen-bond acceptors (Lipinski definition) is 5. The minimum absolute atomic E-state index is 0.222. The van der Waals surface area contributed by atoms with Crippen LogP contribution in [0.3, 0.4) is 0 Å². The molecule has 0 bridgehead atoms. The first-order valence-corrected chi connectivity index (χ1v) is 8.63. The van der Waals surface area contributed by atoms with Crippen LogP contribution in [-0.2, 0) is 25.6 Å². The molecule has 6 heteroatoms. The number of methoxy groups -OCH3 is 1. The molecule has 0 unspecified atom stereocenters. The minimum atomic E-state index is -1.21. The number of rotatable bonds is 7. The van der Waals surface area contributed by atoms with Gasteiger partial charge >= 0.3 is 5.97 Å². The maximum absolute atomic E-state index is 12.3.